The zero-order valence-corrected chi connectivity index (χ0v) is 11.2. The van der Waals surface area contributed by atoms with Gasteiger partial charge in [-0.15, -0.1) is 0 Å². The summed E-state index contributed by atoms with van der Waals surface area (Å²) < 4.78 is 11.1. The molecule has 4 heteroatoms. The van der Waals surface area contributed by atoms with Crippen molar-refractivity contribution in [2.75, 3.05) is 46.5 Å². The Morgan fingerprint density at radius 3 is 2.94 bits per heavy atom. The molecular formula is C13H26N2O2. The third-order valence-corrected chi connectivity index (χ3v) is 3.82. The zero-order valence-electron chi connectivity index (χ0n) is 11.2. The number of likely N-dealkylation sites (N-methyl/N-ethyl adjacent to an activating group) is 1. The first-order valence-corrected chi connectivity index (χ1v) is 6.89. The fraction of sp³-hybridized carbons (Fsp3) is 1.00. The molecule has 1 N–H and O–H groups in total. The van der Waals surface area contributed by atoms with Gasteiger partial charge in [0.25, 0.3) is 0 Å². The molecule has 2 rings (SSSR count). The van der Waals surface area contributed by atoms with E-state index in [0.29, 0.717) is 12.1 Å². The highest BCUT2D eigenvalue weighted by Crippen LogP contribution is 2.32. The number of nitrogens with one attached hydrogen (secondary N) is 1. The summed E-state index contributed by atoms with van der Waals surface area (Å²) in [6.07, 6.45) is 3.06. The van der Waals surface area contributed by atoms with Crippen LogP contribution < -0.4 is 5.32 Å². The van der Waals surface area contributed by atoms with Crippen molar-refractivity contribution in [1.29, 1.82) is 0 Å². The second-order valence-corrected chi connectivity index (χ2v) is 5.19. The third-order valence-electron chi connectivity index (χ3n) is 3.82. The molecule has 0 radical (unpaired) electrons. The number of hydrogen-bond acceptors (Lipinski definition) is 4. The normalized spacial score (nSPS) is 28.2. The second kappa shape index (κ2) is 6.69. The van der Waals surface area contributed by atoms with Crippen LogP contribution in [-0.2, 0) is 9.47 Å². The maximum absolute atomic E-state index is 5.79. The molecular weight excluding hydrogens is 216 g/mol. The summed E-state index contributed by atoms with van der Waals surface area (Å²) in [4.78, 5) is 2.46. The largest absolute Gasteiger partial charge is 0.383 e. The van der Waals surface area contributed by atoms with Gasteiger partial charge in [0.2, 0.25) is 0 Å². The summed E-state index contributed by atoms with van der Waals surface area (Å²) in [5.74, 6) is 0.834. The van der Waals surface area contributed by atoms with Crippen LogP contribution in [0.2, 0.25) is 0 Å². The molecule has 0 bridgehead atoms. The first-order valence-electron chi connectivity index (χ1n) is 6.89. The predicted octanol–water partition coefficient (Wildman–Crippen LogP) is 0.722. The summed E-state index contributed by atoms with van der Waals surface area (Å²) in [6, 6.07) is 0.528. The van der Waals surface area contributed by atoms with Crippen LogP contribution in [0.5, 0.6) is 0 Å². The smallest absolute Gasteiger partial charge is 0.0826 e. The van der Waals surface area contributed by atoms with Crippen LogP contribution in [0.25, 0.3) is 0 Å². The van der Waals surface area contributed by atoms with Gasteiger partial charge in [-0.3, -0.25) is 4.90 Å². The molecule has 2 fully saturated rings. The second-order valence-electron chi connectivity index (χ2n) is 5.19. The number of nitrogens with zero attached hydrogens (tertiary/aromatic N) is 1. The van der Waals surface area contributed by atoms with E-state index in [1.165, 1.54) is 12.8 Å². The van der Waals surface area contributed by atoms with Crippen molar-refractivity contribution < 1.29 is 9.47 Å². The van der Waals surface area contributed by atoms with Crippen molar-refractivity contribution in [3.05, 3.63) is 0 Å². The number of morpholine rings is 1. The lowest BCUT2D eigenvalue weighted by Crippen LogP contribution is -2.49. The van der Waals surface area contributed by atoms with Crippen molar-refractivity contribution >= 4 is 0 Å². The Morgan fingerprint density at radius 2 is 2.29 bits per heavy atom. The lowest BCUT2D eigenvalue weighted by atomic mass is 10.2. The van der Waals surface area contributed by atoms with Gasteiger partial charge < -0.3 is 14.8 Å². The van der Waals surface area contributed by atoms with Crippen LogP contribution in [0.3, 0.4) is 0 Å². The fourth-order valence-corrected chi connectivity index (χ4v) is 2.51. The average Bonchev–Trinajstić information content (AvgIpc) is 3.19. The minimum Gasteiger partial charge on any atom is -0.383 e. The average molecular weight is 242 g/mol. The molecule has 0 amide bonds. The van der Waals surface area contributed by atoms with Gasteiger partial charge in [-0.1, -0.05) is 6.92 Å². The van der Waals surface area contributed by atoms with E-state index in [1.807, 2.05) is 0 Å². The minimum atomic E-state index is 0.349. The molecule has 1 heterocycles. The van der Waals surface area contributed by atoms with Crippen molar-refractivity contribution in [1.82, 2.24) is 10.2 Å². The van der Waals surface area contributed by atoms with Crippen molar-refractivity contribution in [2.24, 2.45) is 5.92 Å². The van der Waals surface area contributed by atoms with E-state index >= 15 is 0 Å². The van der Waals surface area contributed by atoms with E-state index in [9.17, 15) is 0 Å². The quantitative estimate of drug-likeness (QED) is 0.713. The lowest BCUT2D eigenvalue weighted by molar-refractivity contribution is -0.0277. The predicted molar refractivity (Wildman–Crippen MR) is 68.2 cm³/mol. The molecule has 2 atom stereocenters. The van der Waals surface area contributed by atoms with E-state index in [2.05, 4.69) is 17.1 Å². The van der Waals surface area contributed by atoms with Gasteiger partial charge in [-0.25, -0.2) is 0 Å². The standard InChI is InChI=1S/C13H26N2O2/c1-3-15-6-7-17-12(9-15)8-14-13(10-16-2)11-4-5-11/h11-14H,3-10H2,1-2H3. The van der Waals surface area contributed by atoms with Crippen molar-refractivity contribution in [3.63, 3.8) is 0 Å². The van der Waals surface area contributed by atoms with E-state index in [0.717, 1.165) is 45.3 Å². The molecule has 2 aliphatic rings. The monoisotopic (exact) mass is 242 g/mol. The molecule has 1 aliphatic heterocycles. The summed E-state index contributed by atoms with van der Waals surface area (Å²) in [7, 11) is 1.78. The van der Waals surface area contributed by atoms with Crippen LogP contribution in [0, 0.1) is 5.92 Å². The molecule has 0 aromatic heterocycles. The summed E-state index contributed by atoms with van der Waals surface area (Å²) in [6.45, 7) is 8.15. The van der Waals surface area contributed by atoms with Gasteiger partial charge in [0, 0.05) is 32.8 Å². The third kappa shape index (κ3) is 4.21. The Kier molecular flexibility index (Phi) is 5.22. The van der Waals surface area contributed by atoms with Crippen LogP contribution in [0.1, 0.15) is 19.8 Å². The number of hydrogen-bond donors (Lipinski definition) is 1. The first kappa shape index (κ1) is 13.3. The summed E-state index contributed by atoms with van der Waals surface area (Å²) in [5.41, 5.74) is 0. The van der Waals surface area contributed by atoms with Crippen molar-refractivity contribution in [2.45, 2.75) is 31.9 Å². The summed E-state index contributed by atoms with van der Waals surface area (Å²) in [5, 5.41) is 3.62. The van der Waals surface area contributed by atoms with Crippen LogP contribution in [0.4, 0.5) is 0 Å². The highest BCUT2D eigenvalue weighted by molar-refractivity contribution is 4.87. The Labute approximate surface area is 105 Å². The van der Waals surface area contributed by atoms with Crippen molar-refractivity contribution in [3.8, 4) is 0 Å². The van der Waals surface area contributed by atoms with Crippen LogP contribution in [-0.4, -0.2) is 63.5 Å². The molecule has 0 aromatic carbocycles. The molecule has 4 nitrogen and oxygen atoms in total. The number of methoxy groups -OCH3 is 1. The SMILES string of the molecule is CCN1CCOC(CNC(COC)C2CC2)C1. The van der Waals surface area contributed by atoms with E-state index < -0.39 is 0 Å². The zero-order chi connectivity index (χ0) is 12.1. The fourth-order valence-electron chi connectivity index (χ4n) is 2.51. The topological polar surface area (TPSA) is 33.7 Å². The molecule has 1 aliphatic carbocycles. The highest BCUT2D eigenvalue weighted by atomic mass is 16.5. The van der Waals surface area contributed by atoms with E-state index in [1.54, 1.807) is 7.11 Å². The van der Waals surface area contributed by atoms with Gasteiger partial charge in [-0.05, 0) is 25.3 Å². The Hall–Kier alpha value is -0.160. The van der Waals surface area contributed by atoms with Crippen LogP contribution in [0.15, 0.2) is 0 Å². The molecule has 1 saturated carbocycles. The maximum Gasteiger partial charge on any atom is 0.0826 e. The van der Waals surface area contributed by atoms with Gasteiger partial charge in [-0.2, -0.15) is 0 Å². The van der Waals surface area contributed by atoms with E-state index in [-0.39, 0.29) is 0 Å². The van der Waals surface area contributed by atoms with Gasteiger partial charge >= 0.3 is 0 Å². The maximum atomic E-state index is 5.79. The van der Waals surface area contributed by atoms with Gasteiger partial charge in [0.05, 0.1) is 19.3 Å². The molecule has 0 aromatic rings. The van der Waals surface area contributed by atoms with Crippen LogP contribution >= 0.6 is 0 Å². The highest BCUT2D eigenvalue weighted by Gasteiger charge is 2.31. The molecule has 1 saturated heterocycles. The Bertz CT molecular complexity index is 221. The Morgan fingerprint density at radius 1 is 1.47 bits per heavy atom. The Balaban J connectivity index is 1.68. The number of ether oxygens (including phenoxy) is 2. The lowest BCUT2D eigenvalue weighted by Gasteiger charge is -2.33. The van der Waals surface area contributed by atoms with Gasteiger partial charge in [0.15, 0.2) is 0 Å². The van der Waals surface area contributed by atoms with Gasteiger partial charge in [0.1, 0.15) is 0 Å². The van der Waals surface area contributed by atoms with E-state index in [4.69, 9.17) is 9.47 Å². The minimum absolute atomic E-state index is 0.349. The molecule has 0 spiro atoms. The first-order chi connectivity index (χ1) is 8.33. The molecule has 2 unspecified atom stereocenters. The molecule has 100 valence electrons. The summed E-state index contributed by atoms with van der Waals surface area (Å²) >= 11 is 0. The molecule has 17 heavy (non-hydrogen) atoms. The number of rotatable bonds is 7.